The lowest BCUT2D eigenvalue weighted by atomic mass is 10.0. The van der Waals surface area contributed by atoms with Gasteiger partial charge in [-0.2, -0.15) is 0 Å². The Labute approximate surface area is 174 Å². The monoisotopic (exact) mass is 414 g/mol. The lowest BCUT2D eigenvalue weighted by Crippen LogP contribution is -2.34. The minimum Gasteiger partial charge on any atom is -0.486 e. The standard InChI is InChI=1S/C22H23ClN2O4/c23-17-5-2-1-4-16(17)22(27)24-10-9-21(26)25-11-3-6-18(25)15-7-8-19-20(14-15)29-13-12-28-19/h1-2,4-5,7-8,14,18H,3,6,9-13H2,(H,24,27)/t18-/m1/s1. The second kappa shape index (κ2) is 8.74. The maximum Gasteiger partial charge on any atom is 0.252 e. The summed E-state index contributed by atoms with van der Waals surface area (Å²) in [5.41, 5.74) is 1.47. The number of carbonyl (C=O) groups excluding carboxylic acids is 2. The van der Waals surface area contributed by atoms with Gasteiger partial charge in [-0.15, -0.1) is 0 Å². The van der Waals surface area contributed by atoms with Crippen molar-refractivity contribution in [1.82, 2.24) is 10.2 Å². The molecule has 0 unspecified atom stereocenters. The predicted octanol–water partition coefficient (Wildman–Crippen LogP) is 3.59. The zero-order chi connectivity index (χ0) is 20.2. The average Bonchev–Trinajstić information content (AvgIpc) is 3.23. The third-order valence-electron chi connectivity index (χ3n) is 5.27. The molecule has 7 heteroatoms. The van der Waals surface area contributed by atoms with Gasteiger partial charge in [0, 0.05) is 19.5 Å². The summed E-state index contributed by atoms with van der Waals surface area (Å²) in [6.07, 6.45) is 2.12. The van der Waals surface area contributed by atoms with Gasteiger partial charge >= 0.3 is 0 Å². The van der Waals surface area contributed by atoms with E-state index in [4.69, 9.17) is 21.1 Å². The van der Waals surface area contributed by atoms with Crippen LogP contribution in [-0.2, 0) is 4.79 Å². The van der Waals surface area contributed by atoms with E-state index in [-0.39, 0.29) is 30.8 Å². The van der Waals surface area contributed by atoms with Crippen LogP contribution in [0.5, 0.6) is 11.5 Å². The van der Waals surface area contributed by atoms with Crippen molar-refractivity contribution in [2.75, 3.05) is 26.3 Å². The molecule has 1 saturated heterocycles. The fourth-order valence-corrected chi connectivity index (χ4v) is 4.07. The first kappa shape index (κ1) is 19.6. The summed E-state index contributed by atoms with van der Waals surface area (Å²) in [5, 5.41) is 3.18. The molecule has 2 heterocycles. The molecule has 1 atom stereocenters. The number of likely N-dealkylation sites (tertiary alicyclic amines) is 1. The Morgan fingerprint density at radius 2 is 1.90 bits per heavy atom. The second-order valence-corrected chi connectivity index (χ2v) is 7.54. The number of nitrogens with one attached hydrogen (secondary N) is 1. The van der Waals surface area contributed by atoms with Gasteiger partial charge in [0.25, 0.3) is 5.91 Å². The van der Waals surface area contributed by atoms with E-state index in [0.717, 1.165) is 36.4 Å². The first-order valence-electron chi connectivity index (χ1n) is 9.85. The third-order valence-corrected chi connectivity index (χ3v) is 5.60. The highest BCUT2D eigenvalue weighted by molar-refractivity contribution is 6.33. The van der Waals surface area contributed by atoms with Gasteiger partial charge in [0.1, 0.15) is 13.2 Å². The first-order chi connectivity index (χ1) is 14.1. The van der Waals surface area contributed by atoms with Crippen LogP contribution >= 0.6 is 11.6 Å². The van der Waals surface area contributed by atoms with Crippen molar-refractivity contribution in [1.29, 1.82) is 0 Å². The first-order valence-corrected chi connectivity index (χ1v) is 10.2. The Morgan fingerprint density at radius 3 is 2.72 bits per heavy atom. The lowest BCUT2D eigenvalue weighted by molar-refractivity contribution is -0.132. The SMILES string of the molecule is O=C(NCCC(=O)N1CCC[C@@H]1c1ccc2c(c1)OCCO2)c1ccccc1Cl. The van der Waals surface area contributed by atoms with Crippen molar-refractivity contribution in [2.45, 2.75) is 25.3 Å². The molecular weight excluding hydrogens is 392 g/mol. The van der Waals surface area contributed by atoms with E-state index in [9.17, 15) is 9.59 Å². The van der Waals surface area contributed by atoms with Crippen molar-refractivity contribution in [3.63, 3.8) is 0 Å². The topological polar surface area (TPSA) is 67.9 Å². The molecule has 29 heavy (non-hydrogen) atoms. The molecule has 2 aliphatic rings. The van der Waals surface area contributed by atoms with Crippen LogP contribution in [0.2, 0.25) is 5.02 Å². The van der Waals surface area contributed by atoms with Crippen molar-refractivity contribution >= 4 is 23.4 Å². The van der Waals surface area contributed by atoms with E-state index in [0.29, 0.717) is 23.8 Å². The summed E-state index contributed by atoms with van der Waals surface area (Å²) in [7, 11) is 0. The minimum absolute atomic E-state index is 0.0256. The van der Waals surface area contributed by atoms with Crippen molar-refractivity contribution in [2.24, 2.45) is 0 Å². The number of amides is 2. The zero-order valence-corrected chi connectivity index (χ0v) is 16.8. The van der Waals surface area contributed by atoms with Crippen LogP contribution in [0, 0.1) is 0 Å². The molecule has 152 valence electrons. The molecular formula is C22H23ClN2O4. The number of nitrogens with zero attached hydrogens (tertiary/aromatic N) is 1. The van der Waals surface area contributed by atoms with Gasteiger partial charge in [-0.25, -0.2) is 0 Å². The molecule has 0 bridgehead atoms. The van der Waals surface area contributed by atoms with Gasteiger partial charge in [-0.1, -0.05) is 29.8 Å². The minimum atomic E-state index is -0.270. The van der Waals surface area contributed by atoms with E-state index in [2.05, 4.69) is 5.32 Å². The second-order valence-electron chi connectivity index (χ2n) is 7.13. The van der Waals surface area contributed by atoms with Crippen molar-refractivity contribution < 1.29 is 19.1 Å². The summed E-state index contributed by atoms with van der Waals surface area (Å²) in [5.74, 6) is 1.24. The van der Waals surface area contributed by atoms with E-state index < -0.39 is 0 Å². The Morgan fingerprint density at radius 1 is 1.10 bits per heavy atom. The zero-order valence-electron chi connectivity index (χ0n) is 16.0. The number of halogens is 1. The van der Waals surface area contributed by atoms with Gasteiger partial charge in [0.2, 0.25) is 5.91 Å². The number of benzene rings is 2. The normalized spacial score (nSPS) is 17.8. The maximum absolute atomic E-state index is 12.8. The summed E-state index contributed by atoms with van der Waals surface area (Å²) in [6, 6.07) is 12.8. The Hall–Kier alpha value is -2.73. The quantitative estimate of drug-likeness (QED) is 0.811. The van der Waals surface area contributed by atoms with Gasteiger partial charge < -0.3 is 19.7 Å². The van der Waals surface area contributed by atoms with Gasteiger partial charge in [0.05, 0.1) is 16.6 Å². The molecule has 2 amide bonds. The molecule has 2 aromatic carbocycles. The van der Waals surface area contributed by atoms with Crippen LogP contribution in [0.25, 0.3) is 0 Å². The van der Waals surface area contributed by atoms with E-state index in [1.165, 1.54) is 0 Å². The van der Waals surface area contributed by atoms with Crippen LogP contribution in [0.15, 0.2) is 42.5 Å². The Bertz CT molecular complexity index is 917. The number of hydrogen-bond donors (Lipinski definition) is 1. The average molecular weight is 415 g/mol. The number of rotatable bonds is 5. The van der Waals surface area contributed by atoms with E-state index in [1.807, 2.05) is 23.1 Å². The molecule has 0 saturated carbocycles. The molecule has 0 aromatic heterocycles. The molecule has 0 radical (unpaired) electrons. The van der Waals surface area contributed by atoms with Crippen LogP contribution in [0.1, 0.15) is 41.2 Å². The van der Waals surface area contributed by atoms with Crippen LogP contribution in [0.3, 0.4) is 0 Å². The number of carbonyl (C=O) groups is 2. The largest absolute Gasteiger partial charge is 0.486 e. The van der Waals surface area contributed by atoms with E-state index in [1.54, 1.807) is 24.3 Å². The van der Waals surface area contributed by atoms with Crippen LogP contribution in [0.4, 0.5) is 0 Å². The molecule has 2 aliphatic heterocycles. The van der Waals surface area contributed by atoms with E-state index >= 15 is 0 Å². The molecule has 1 fully saturated rings. The predicted molar refractivity (Wildman–Crippen MR) is 110 cm³/mol. The molecule has 1 N–H and O–H groups in total. The smallest absolute Gasteiger partial charge is 0.252 e. The highest BCUT2D eigenvalue weighted by atomic mass is 35.5. The summed E-state index contributed by atoms with van der Waals surface area (Å²) < 4.78 is 11.3. The summed E-state index contributed by atoms with van der Waals surface area (Å²) in [6.45, 7) is 2.08. The van der Waals surface area contributed by atoms with Crippen LogP contribution in [-0.4, -0.2) is 43.0 Å². The maximum atomic E-state index is 12.8. The molecule has 0 spiro atoms. The Balaban J connectivity index is 1.36. The lowest BCUT2D eigenvalue weighted by Gasteiger charge is -2.27. The van der Waals surface area contributed by atoms with Gasteiger partial charge in [-0.05, 0) is 42.7 Å². The summed E-state index contributed by atoms with van der Waals surface area (Å²) in [4.78, 5) is 26.9. The van der Waals surface area contributed by atoms with Crippen LogP contribution < -0.4 is 14.8 Å². The third kappa shape index (κ3) is 4.32. The number of hydrogen-bond acceptors (Lipinski definition) is 4. The number of ether oxygens (including phenoxy) is 2. The van der Waals surface area contributed by atoms with Crippen molar-refractivity contribution in [3.8, 4) is 11.5 Å². The van der Waals surface area contributed by atoms with Crippen molar-refractivity contribution in [3.05, 3.63) is 58.6 Å². The fourth-order valence-electron chi connectivity index (χ4n) is 3.85. The Kier molecular flexibility index (Phi) is 5.90. The molecule has 0 aliphatic carbocycles. The number of fused-ring (bicyclic) bond motifs is 1. The summed E-state index contributed by atoms with van der Waals surface area (Å²) >= 11 is 6.05. The molecule has 6 nitrogen and oxygen atoms in total. The fraction of sp³-hybridized carbons (Fsp3) is 0.364. The highest BCUT2D eigenvalue weighted by Crippen LogP contribution is 2.38. The van der Waals surface area contributed by atoms with Gasteiger partial charge in [-0.3, -0.25) is 9.59 Å². The molecule has 4 rings (SSSR count). The molecule has 2 aromatic rings. The van der Waals surface area contributed by atoms with Gasteiger partial charge in [0.15, 0.2) is 11.5 Å². The highest BCUT2D eigenvalue weighted by Gasteiger charge is 2.30.